The van der Waals surface area contributed by atoms with Crippen LogP contribution in [0.4, 0.5) is 5.95 Å². The van der Waals surface area contributed by atoms with Gasteiger partial charge in [-0.1, -0.05) is 32.3 Å². The van der Waals surface area contributed by atoms with Crippen LogP contribution < -0.4 is 5.73 Å². The van der Waals surface area contributed by atoms with Crippen molar-refractivity contribution < 1.29 is 0 Å². The molecule has 4 aromatic rings. The fourth-order valence-electron chi connectivity index (χ4n) is 3.91. The fraction of sp³-hybridized carbons (Fsp3) is 0.348. The summed E-state index contributed by atoms with van der Waals surface area (Å²) in [5.41, 5.74) is 11.7. The molecular weight excluding hydrogens is 374 g/mol. The molecule has 0 spiro atoms. The summed E-state index contributed by atoms with van der Waals surface area (Å²) in [7, 11) is 0. The molecule has 0 unspecified atom stereocenters. The summed E-state index contributed by atoms with van der Waals surface area (Å²) in [6.45, 7) is 6.44. The number of hydrogen-bond donors (Lipinski definition) is 1. The van der Waals surface area contributed by atoms with Crippen molar-refractivity contribution >= 4 is 22.8 Å². The average molecular weight is 402 g/mol. The van der Waals surface area contributed by atoms with E-state index in [9.17, 15) is 0 Å². The van der Waals surface area contributed by atoms with Crippen LogP contribution in [0.15, 0.2) is 49.6 Å². The van der Waals surface area contributed by atoms with E-state index in [1.54, 1.807) is 10.7 Å². The van der Waals surface area contributed by atoms with Crippen LogP contribution in [0, 0.1) is 0 Å². The third-order valence-corrected chi connectivity index (χ3v) is 6.03. The third-order valence-electron chi connectivity index (χ3n) is 6.03. The summed E-state index contributed by atoms with van der Waals surface area (Å²) in [5, 5.41) is 4.22. The highest BCUT2D eigenvalue weighted by Gasteiger charge is 2.18. The van der Waals surface area contributed by atoms with E-state index in [0.717, 1.165) is 46.8 Å². The summed E-state index contributed by atoms with van der Waals surface area (Å²) >= 11 is 0. The second-order valence-corrected chi connectivity index (χ2v) is 8.02. The van der Waals surface area contributed by atoms with Gasteiger partial charge in [-0.3, -0.25) is 4.40 Å². The van der Waals surface area contributed by atoms with Crippen molar-refractivity contribution in [2.45, 2.75) is 38.5 Å². The Morgan fingerprint density at radius 1 is 0.933 bits per heavy atom. The van der Waals surface area contributed by atoms with Gasteiger partial charge >= 0.3 is 0 Å². The van der Waals surface area contributed by atoms with Gasteiger partial charge in [0.15, 0.2) is 0 Å². The van der Waals surface area contributed by atoms with Gasteiger partial charge in [-0.2, -0.15) is 0 Å². The van der Waals surface area contributed by atoms with Gasteiger partial charge in [0.2, 0.25) is 5.95 Å². The molecule has 0 bridgehead atoms. The number of nitrogens with zero attached hydrogens (tertiary/aromatic N) is 6. The Hall–Kier alpha value is -3.35. The van der Waals surface area contributed by atoms with Gasteiger partial charge in [0.25, 0.3) is 0 Å². The van der Waals surface area contributed by atoms with Gasteiger partial charge in [0, 0.05) is 36.6 Å². The first-order chi connectivity index (χ1) is 14.7. The predicted octanol–water partition coefficient (Wildman–Crippen LogP) is 4.25. The summed E-state index contributed by atoms with van der Waals surface area (Å²) in [6, 6.07) is 6.12. The molecule has 6 rings (SSSR count). The molecule has 7 nitrogen and oxygen atoms in total. The van der Waals surface area contributed by atoms with Crippen LogP contribution in [-0.4, -0.2) is 42.0 Å². The number of nitrogens with two attached hydrogens (primary N) is 1. The molecule has 154 valence electrons. The van der Waals surface area contributed by atoms with Crippen LogP contribution in [0.2, 0.25) is 0 Å². The molecule has 0 aromatic carbocycles. The highest BCUT2D eigenvalue weighted by molar-refractivity contribution is 5.81. The van der Waals surface area contributed by atoms with E-state index in [1.165, 1.54) is 38.5 Å². The lowest BCUT2D eigenvalue weighted by atomic mass is 10.0. The second-order valence-electron chi connectivity index (χ2n) is 8.02. The predicted molar refractivity (Wildman–Crippen MR) is 120 cm³/mol. The Morgan fingerprint density at radius 2 is 1.70 bits per heavy atom. The zero-order valence-corrected chi connectivity index (χ0v) is 17.2. The Bertz CT molecular complexity index is 1190. The number of aromatic nitrogens is 5. The molecule has 0 radical (unpaired) electrons. The first kappa shape index (κ1) is 18.7. The van der Waals surface area contributed by atoms with Crippen molar-refractivity contribution in [2.75, 3.05) is 18.8 Å². The molecule has 1 aliphatic carbocycles. The molecule has 1 aliphatic heterocycles. The van der Waals surface area contributed by atoms with E-state index < -0.39 is 0 Å². The maximum atomic E-state index is 5.68. The van der Waals surface area contributed by atoms with Crippen LogP contribution in [0.25, 0.3) is 28.0 Å². The first-order valence-electron chi connectivity index (χ1n) is 10.7. The molecule has 2 N–H and O–H groups in total. The molecule has 1 saturated heterocycles. The fourth-order valence-corrected chi connectivity index (χ4v) is 3.91. The zero-order chi connectivity index (χ0) is 20.5. The minimum absolute atomic E-state index is 0.258. The van der Waals surface area contributed by atoms with Crippen molar-refractivity contribution in [3.05, 3.63) is 55.3 Å². The Balaban J connectivity index is 0.000000434. The summed E-state index contributed by atoms with van der Waals surface area (Å²) < 4.78 is 3.86. The summed E-state index contributed by atoms with van der Waals surface area (Å²) in [4.78, 5) is 11.0. The van der Waals surface area contributed by atoms with E-state index in [0.29, 0.717) is 0 Å². The molecule has 7 heteroatoms. The highest BCUT2D eigenvalue weighted by atomic mass is 15.3. The molecule has 30 heavy (non-hydrogen) atoms. The molecule has 2 aliphatic rings. The van der Waals surface area contributed by atoms with E-state index in [1.807, 2.05) is 24.5 Å². The van der Waals surface area contributed by atoms with E-state index in [2.05, 4.69) is 43.2 Å². The van der Waals surface area contributed by atoms with Crippen molar-refractivity contribution in [3.63, 3.8) is 0 Å². The maximum Gasteiger partial charge on any atom is 0.238 e. The number of likely N-dealkylation sites (tertiary alicyclic amines) is 1. The van der Waals surface area contributed by atoms with Crippen molar-refractivity contribution in [1.82, 2.24) is 28.9 Å². The van der Waals surface area contributed by atoms with Crippen molar-refractivity contribution in [1.29, 1.82) is 0 Å². The van der Waals surface area contributed by atoms with Gasteiger partial charge in [-0.05, 0) is 31.0 Å². The molecule has 0 atom stereocenters. The first-order valence-corrected chi connectivity index (χ1v) is 10.7. The van der Waals surface area contributed by atoms with Crippen LogP contribution in [0.3, 0.4) is 0 Å². The number of anilines is 1. The lowest BCUT2D eigenvalue weighted by molar-refractivity contribution is 0.492. The molecular formula is C23H27N7. The number of imidazole rings is 1. The van der Waals surface area contributed by atoms with Gasteiger partial charge < -0.3 is 10.6 Å². The SMILES string of the molecule is C1CCC1.C=C(c1cnc2ccc(-c3ccn4nc(N)ncc34)cn12)N1CCCC1. The number of rotatable bonds is 3. The topological polar surface area (TPSA) is 76.7 Å². The lowest BCUT2D eigenvalue weighted by Crippen LogP contribution is -2.17. The molecule has 1 saturated carbocycles. The molecule has 2 fully saturated rings. The standard InChI is InChI=1S/C19H19N7.C4H8/c1-13(24-7-2-3-8-24)16-10-21-18-5-4-14(12-25(16)18)15-6-9-26-17(15)11-22-19(20)23-26;1-2-4-3-1/h4-6,9-12H,1-3,7-8H2,(H2,20,23);1-4H2. The van der Waals surface area contributed by atoms with Crippen LogP contribution in [0.5, 0.6) is 0 Å². The van der Waals surface area contributed by atoms with Gasteiger partial charge in [0.1, 0.15) is 5.65 Å². The number of hydrogen-bond acceptors (Lipinski definition) is 5. The lowest BCUT2D eigenvalue weighted by Gasteiger charge is -2.20. The normalized spacial score (nSPS) is 15.8. The van der Waals surface area contributed by atoms with Gasteiger partial charge in [0.05, 0.1) is 29.3 Å². The molecule has 0 amide bonds. The Morgan fingerprint density at radius 3 is 2.43 bits per heavy atom. The summed E-state index contributed by atoms with van der Waals surface area (Å²) in [5.74, 6) is 0.258. The van der Waals surface area contributed by atoms with Crippen molar-refractivity contribution in [2.24, 2.45) is 0 Å². The number of fused-ring (bicyclic) bond motifs is 2. The smallest absolute Gasteiger partial charge is 0.238 e. The van der Waals surface area contributed by atoms with E-state index in [-0.39, 0.29) is 5.95 Å². The van der Waals surface area contributed by atoms with Gasteiger partial charge in [-0.25, -0.2) is 14.5 Å². The monoisotopic (exact) mass is 401 g/mol. The van der Waals surface area contributed by atoms with E-state index >= 15 is 0 Å². The highest BCUT2D eigenvalue weighted by Crippen LogP contribution is 2.28. The van der Waals surface area contributed by atoms with Crippen LogP contribution in [0.1, 0.15) is 44.2 Å². The quantitative estimate of drug-likeness (QED) is 0.555. The van der Waals surface area contributed by atoms with Gasteiger partial charge in [-0.15, -0.1) is 5.10 Å². The molecule has 4 aromatic heterocycles. The van der Waals surface area contributed by atoms with Crippen LogP contribution in [-0.2, 0) is 0 Å². The number of nitrogen functional groups attached to an aromatic ring is 1. The second kappa shape index (κ2) is 7.82. The molecule has 5 heterocycles. The largest absolute Gasteiger partial charge is 0.370 e. The minimum Gasteiger partial charge on any atom is -0.370 e. The van der Waals surface area contributed by atoms with Crippen LogP contribution >= 0.6 is 0 Å². The maximum absolute atomic E-state index is 5.68. The zero-order valence-electron chi connectivity index (χ0n) is 17.2. The van der Waals surface area contributed by atoms with Crippen molar-refractivity contribution in [3.8, 4) is 11.1 Å². The minimum atomic E-state index is 0.258. The Kier molecular flexibility index (Phi) is 4.86. The summed E-state index contributed by atoms with van der Waals surface area (Å²) in [6.07, 6.45) is 16.1. The van der Waals surface area contributed by atoms with E-state index in [4.69, 9.17) is 5.73 Å². The third kappa shape index (κ3) is 3.40. The number of pyridine rings is 1. The average Bonchev–Trinajstić information content (AvgIpc) is 3.44. The Labute approximate surface area is 175 Å².